The summed E-state index contributed by atoms with van der Waals surface area (Å²) in [6.07, 6.45) is 0.787. The average molecular weight is 223 g/mol. The Kier molecular flexibility index (Phi) is 4.83. The first-order chi connectivity index (χ1) is 7.60. The molecule has 1 heterocycles. The summed E-state index contributed by atoms with van der Waals surface area (Å²) in [6.45, 7) is 9.25. The van der Waals surface area contributed by atoms with Gasteiger partial charge < -0.3 is 10.5 Å². The van der Waals surface area contributed by atoms with Crippen LogP contribution in [0.4, 0.5) is 0 Å². The maximum Gasteiger partial charge on any atom is 0.157 e. The molecule has 0 bridgehead atoms. The smallest absolute Gasteiger partial charge is 0.157 e. The zero-order chi connectivity index (χ0) is 12.1. The third-order valence-electron chi connectivity index (χ3n) is 2.61. The lowest BCUT2D eigenvalue weighted by molar-refractivity contribution is 0.0697. The minimum absolute atomic E-state index is 0.0469. The first-order valence-corrected chi connectivity index (χ1v) is 5.75. The minimum atomic E-state index is -0.0469. The monoisotopic (exact) mass is 223 g/mol. The summed E-state index contributed by atoms with van der Waals surface area (Å²) >= 11 is 0. The molecule has 0 fully saturated rings. The Bertz CT molecular complexity index is 329. The van der Waals surface area contributed by atoms with Crippen LogP contribution in [0, 0.1) is 13.8 Å². The van der Waals surface area contributed by atoms with Gasteiger partial charge in [-0.1, -0.05) is 0 Å². The highest BCUT2D eigenvalue weighted by molar-refractivity contribution is 5.25. The summed E-state index contributed by atoms with van der Waals surface area (Å²) in [7, 11) is 0. The van der Waals surface area contributed by atoms with E-state index in [0.717, 1.165) is 29.2 Å². The van der Waals surface area contributed by atoms with E-state index in [0.29, 0.717) is 13.2 Å². The summed E-state index contributed by atoms with van der Waals surface area (Å²) < 4.78 is 5.49. The molecule has 1 aromatic rings. The van der Waals surface area contributed by atoms with Crippen molar-refractivity contribution in [3.63, 3.8) is 0 Å². The van der Waals surface area contributed by atoms with E-state index in [9.17, 15) is 0 Å². The van der Waals surface area contributed by atoms with Crippen LogP contribution in [0.25, 0.3) is 0 Å². The second-order valence-corrected chi connectivity index (χ2v) is 3.87. The van der Waals surface area contributed by atoms with Gasteiger partial charge in [-0.15, -0.1) is 0 Å². The summed E-state index contributed by atoms with van der Waals surface area (Å²) in [6, 6.07) is 0. The molecule has 0 radical (unpaired) electrons. The van der Waals surface area contributed by atoms with E-state index in [2.05, 4.69) is 9.97 Å². The van der Waals surface area contributed by atoms with Crippen molar-refractivity contribution in [3.05, 3.63) is 22.8 Å². The molecule has 0 aliphatic rings. The number of aromatic nitrogens is 2. The van der Waals surface area contributed by atoms with Crippen LogP contribution in [-0.4, -0.2) is 23.1 Å². The van der Waals surface area contributed by atoms with Gasteiger partial charge >= 0.3 is 0 Å². The molecule has 1 aromatic heterocycles. The number of aryl methyl sites for hydroxylation is 2. The third kappa shape index (κ3) is 3.00. The number of ether oxygens (including phenoxy) is 1. The highest BCUT2D eigenvalue weighted by Gasteiger charge is 2.12. The fraction of sp³-hybridized carbons (Fsp3) is 0.667. The standard InChI is InChI=1S/C12H21N3O/c1-5-16-10(4)12-14-8(2)11(6-7-13)9(3)15-12/h10H,5-7,13H2,1-4H3. The molecule has 4 nitrogen and oxygen atoms in total. The molecule has 0 aromatic carbocycles. The Morgan fingerprint density at radius 1 is 1.25 bits per heavy atom. The van der Waals surface area contributed by atoms with Crippen LogP contribution < -0.4 is 5.73 Å². The van der Waals surface area contributed by atoms with Crippen molar-refractivity contribution in [2.24, 2.45) is 5.73 Å². The zero-order valence-electron chi connectivity index (χ0n) is 10.6. The van der Waals surface area contributed by atoms with E-state index in [1.807, 2.05) is 27.7 Å². The Balaban J connectivity index is 2.99. The topological polar surface area (TPSA) is 61.0 Å². The zero-order valence-corrected chi connectivity index (χ0v) is 10.6. The molecule has 0 spiro atoms. The molecule has 90 valence electrons. The first kappa shape index (κ1) is 13.1. The van der Waals surface area contributed by atoms with Gasteiger partial charge in [-0.3, -0.25) is 0 Å². The lowest BCUT2D eigenvalue weighted by atomic mass is 10.1. The maximum absolute atomic E-state index is 5.56. The predicted molar refractivity (Wildman–Crippen MR) is 64.3 cm³/mol. The van der Waals surface area contributed by atoms with E-state index in [1.165, 1.54) is 0 Å². The maximum atomic E-state index is 5.56. The molecule has 0 saturated carbocycles. The molecular weight excluding hydrogens is 202 g/mol. The molecule has 0 amide bonds. The third-order valence-corrected chi connectivity index (χ3v) is 2.61. The Labute approximate surface area is 97.2 Å². The fourth-order valence-electron chi connectivity index (χ4n) is 1.78. The van der Waals surface area contributed by atoms with Gasteiger partial charge in [0.15, 0.2) is 5.82 Å². The lowest BCUT2D eigenvalue weighted by Crippen LogP contribution is -2.13. The van der Waals surface area contributed by atoms with Crippen molar-refractivity contribution >= 4 is 0 Å². The molecular formula is C12H21N3O. The molecule has 0 aliphatic heterocycles. The molecule has 1 rings (SSSR count). The van der Waals surface area contributed by atoms with Crippen LogP contribution in [0.5, 0.6) is 0 Å². The molecule has 16 heavy (non-hydrogen) atoms. The molecule has 1 unspecified atom stereocenters. The summed E-state index contributed by atoms with van der Waals surface area (Å²) in [5.41, 5.74) is 8.75. The Morgan fingerprint density at radius 2 is 1.81 bits per heavy atom. The highest BCUT2D eigenvalue weighted by Crippen LogP contribution is 2.17. The van der Waals surface area contributed by atoms with Gasteiger partial charge in [0.25, 0.3) is 0 Å². The van der Waals surface area contributed by atoms with E-state index < -0.39 is 0 Å². The van der Waals surface area contributed by atoms with Crippen molar-refractivity contribution in [2.75, 3.05) is 13.2 Å². The van der Waals surface area contributed by atoms with Gasteiger partial charge in [-0.2, -0.15) is 0 Å². The van der Waals surface area contributed by atoms with E-state index >= 15 is 0 Å². The normalized spacial score (nSPS) is 12.8. The predicted octanol–water partition coefficient (Wildman–Crippen LogP) is 1.69. The summed E-state index contributed by atoms with van der Waals surface area (Å²) in [5.74, 6) is 0.762. The molecule has 0 aliphatic carbocycles. The minimum Gasteiger partial charge on any atom is -0.371 e. The Morgan fingerprint density at radius 3 is 2.25 bits per heavy atom. The van der Waals surface area contributed by atoms with Gasteiger partial charge in [0, 0.05) is 18.0 Å². The van der Waals surface area contributed by atoms with Crippen LogP contribution in [0.2, 0.25) is 0 Å². The fourth-order valence-corrected chi connectivity index (χ4v) is 1.78. The van der Waals surface area contributed by atoms with Crippen LogP contribution in [-0.2, 0) is 11.2 Å². The average Bonchev–Trinajstić information content (AvgIpc) is 2.23. The van der Waals surface area contributed by atoms with Crippen molar-refractivity contribution in [2.45, 2.75) is 40.2 Å². The lowest BCUT2D eigenvalue weighted by Gasteiger charge is -2.14. The second-order valence-electron chi connectivity index (χ2n) is 3.87. The van der Waals surface area contributed by atoms with Crippen LogP contribution in [0.1, 0.15) is 42.7 Å². The van der Waals surface area contributed by atoms with Gasteiger partial charge in [-0.25, -0.2) is 9.97 Å². The molecule has 0 saturated heterocycles. The van der Waals surface area contributed by atoms with E-state index in [4.69, 9.17) is 10.5 Å². The van der Waals surface area contributed by atoms with Gasteiger partial charge in [-0.05, 0) is 46.2 Å². The number of hydrogen-bond donors (Lipinski definition) is 1. The number of rotatable bonds is 5. The van der Waals surface area contributed by atoms with Crippen molar-refractivity contribution in [1.29, 1.82) is 0 Å². The summed E-state index contributed by atoms with van der Waals surface area (Å²) in [4.78, 5) is 8.96. The molecule has 2 N–H and O–H groups in total. The van der Waals surface area contributed by atoms with Crippen molar-refractivity contribution in [3.8, 4) is 0 Å². The second kappa shape index (κ2) is 5.92. The largest absolute Gasteiger partial charge is 0.371 e. The van der Waals surface area contributed by atoms with Crippen molar-refractivity contribution in [1.82, 2.24) is 9.97 Å². The molecule has 4 heteroatoms. The first-order valence-electron chi connectivity index (χ1n) is 5.75. The molecule has 1 atom stereocenters. The van der Waals surface area contributed by atoms with Crippen LogP contribution >= 0.6 is 0 Å². The number of nitrogens with two attached hydrogens (primary N) is 1. The van der Waals surface area contributed by atoms with Gasteiger partial charge in [0.05, 0.1) is 0 Å². The van der Waals surface area contributed by atoms with Gasteiger partial charge in [0.2, 0.25) is 0 Å². The summed E-state index contributed by atoms with van der Waals surface area (Å²) in [5, 5.41) is 0. The number of hydrogen-bond acceptors (Lipinski definition) is 4. The van der Waals surface area contributed by atoms with Crippen LogP contribution in [0.15, 0.2) is 0 Å². The van der Waals surface area contributed by atoms with Gasteiger partial charge in [0.1, 0.15) is 6.10 Å². The van der Waals surface area contributed by atoms with E-state index in [1.54, 1.807) is 0 Å². The van der Waals surface area contributed by atoms with E-state index in [-0.39, 0.29) is 6.10 Å². The quantitative estimate of drug-likeness (QED) is 0.825. The highest BCUT2D eigenvalue weighted by atomic mass is 16.5. The SMILES string of the molecule is CCOC(C)c1nc(C)c(CCN)c(C)n1. The number of nitrogens with zero attached hydrogens (tertiary/aromatic N) is 2. The van der Waals surface area contributed by atoms with Crippen molar-refractivity contribution < 1.29 is 4.74 Å². The van der Waals surface area contributed by atoms with Crippen LogP contribution in [0.3, 0.4) is 0 Å². The Hall–Kier alpha value is -1.00.